The second-order valence-electron chi connectivity index (χ2n) is 6.76. The van der Waals surface area contributed by atoms with E-state index in [4.69, 9.17) is 21.1 Å². The number of halogens is 2. The van der Waals surface area contributed by atoms with Crippen LogP contribution in [0.15, 0.2) is 71.8 Å². The maximum Gasteiger partial charge on any atom is 0.345 e. The van der Waals surface area contributed by atoms with Crippen LogP contribution in [0.1, 0.15) is 26.3 Å². The molecule has 0 aliphatic heterocycles. The first-order chi connectivity index (χ1) is 16.4. The molecule has 0 spiro atoms. The Morgan fingerprint density at radius 1 is 1.03 bits per heavy atom. The van der Waals surface area contributed by atoms with Crippen molar-refractivity contribution in [3.63, 3.8) is 0 Å². The van der Waals surface area contributed by atoms with Gasteiger partial charge < -0.3 is 14.8 Å². The monoisotopic (exact) mass is 483 g/mol. The molecule has 0 radical (unpaired) electrons. The smallest absolute Gasteiger partial charge is 0.345 e. The van der Waals surface area contributed by atoms with Crippen molar-refractivity contribution < 1.29 is 28.2 Å². The number of rotatable bonds is 8. The number of hydrazone groups is 1. The molecular weight excluding hydrogens is 465 g/mol. The van der Waals surface area contributed by atoms with E-state index in [1.165, 1.54) is 31.5 Å². The molecule has 0 heterocycles. The minimum atomic E-state index is -0.639. The fraction of sp³-hybridized carbons (Fsp3) is 0.0833. The zero-order chi connectivity index (χ0) is 24.5. The minimum Gasteiger partial charge on any atom is -0.493 e. The number of amides is 2. The number of esters is 1. The molecule has 3 aromatic carbocycles. The van der Waals surface area contributed by atoms with Crippen LogP contribution in [0.3, 0.4) is 0 Å². The van der Waals surface area contributed by atoms with Gasteiger partial charge >= 0.3 is 5.97 Å². The standard InChI is InChI=1S/C24H19ClFN3O5/c1-33-21-12-15(6-11-20(21)34-24(32)18-4-2-3-5-19(18)25)13-28-29-22(30)14-27-23(31)16-7-9-17(26)10-8-16/h2-13H,14H2,1H3,(H,27,31)(H,29,30)/b28-13+. The van der Waals surface area contributed by atoms with Crippen LogP contribution in [0.5, 0.6) is 11.5 Å². The van der Waals surface area contributed by atoms with Crippen molar-refractivity contribution in [1.29, 1.82) is 0 Å². The summed E-state index contributed by atoms with van der Waals surface area (Å²) in [7, 11) is 1.41. The van der Waals surface area contributed by atoms with E-state index < -0.39 is 23.6 Å². The predicted molar refractivity (Wildman–Crippen MR) is 124 cm³/mol. The summed E-state index contributed by atoms with van der Waals surface area (Å²) in [6, 6.07) is 16.1. The zero-order valence-corrected chi connectivity index (χ0v) is 18.6. The lowest BCUT2D eigenvalue weighted by molar-refractivity contribution is -0.120. The maximum atomic E-state index is 12.9. The highest BCUT2D eigenvalue weighted by Gasteiger charge is 2.15. The molecule has 0 aliphatic rings. The van der Waals surface area contributed by atoms with Gasteiger partial charge in [-0.3, -0.25) is 9.59 Å². The normalized spacial score (nSPS) is 10.6. The Morgan fingerprint density at radius 3 is 2.47 bits per heavy atom. The Bertz CT molecular complexity index is 1230. The second-order valence-corrected chi connectivity index (χ2v) is 7.17. The summed E-state index contributed by atoms with van der Waals surface area (Å²) in [5, 5.41) is 6.49. The first kappa shape index (κ1) is 24.4. The van der Waals surface area contributed by atoms with Gasteiger partial charge in [-0.2, -0.15) is 5.10 Å². The van der Waals surface area contributed by atoms with Gasteiger partial charge in [-0.05, 0) is 60.2 Å². The molecule has 174 valence electrons. The summed E-state index contributed by atoms with van der Waals surface area (Å²) in [4.78, 5) is 36.2. The third kappa shape index (κ3) is 6.63. The van der Waals surface area contributed by atoms with Gasteiger partial charge in [0.2, 0.25) is 0 Å². The van der Waals surface area contributed by atoms with Crippen LogP contribution in [-0.4, -0.2) is 37.7 Å². The molecule has 3 aromatic rings. The lowest BCUT2D eigenvalue weighted by atomic mass is 10.2. The molecule has 0 aliphatic carbocycles. The number of methoxy groups -OCH3 is 1. The van der Waals surface area contributed by atoms with Crippen LogP contribution >= 0.6 is 11.6 Å². The number of carbonyl (C=O) groups excluding carboxylic acids is 3. The molecule has 2 amide bonds. The molecule has 0 atom stereocenters. The van der Waals surface area contributed by atoms with Crippen molar-refractivity contribution >= 4 is 35.6 Å². The van der Waals surface area contributed by atoms with Gasteiger partial charge in [-0.15, -0.1) is 0 Å². The summed E-state index contributed by atoms with van der Waals surface area (Å²) in [5.74, 6) is -1.75. The molecule has 2 N–H and O–H groups in total. The van der Waals surface area contributed by atoms with Gasteiger partial charge in [-0.1, -0.05) is 23.7 Å². The van der Waals surface area contributed by atoms with Crippen molar-refractivity contribution in [1.82, 2.24) is 10.7 Å². The summed E-state index contributed by atoms with van der Waals surface area (Å²) in [5.41, 5.74) is 3.26. The van der Waals surface area contributed by atoms with Crippen LogP contribution < -0.4 is 20.2 Å². The van der Waals surface area contributed by atoms with Crippen molar-refractivity contribution in [2.45, 2.75) is 0 Å². The predicted octanol–water partition coefficient (Wildman–Crippen LogP) is 3.59. The van der Waals surface area contributed by atoms with Gasteiger partial charge in [0.15, 0.2) is 11.5 Å². The maximum absolute atomic E-state index is 12.9. The molecule has 0 unspecified atom stereocenters. The first-order valence-electron chi connectivity index (χ1n) is 9.88. The van der Waals surface area contributed by atoms with E-state index in [0.29, 0.717) is 5.56 Å². The Kier molecular flexibility index (Phi) is 8.31. The van der Waals surface area contributed by atoms with E-state index >= 15 is 0 Å². The lowest BCUT2D eigenvalue weighted by Gasteiger charge is -2.10. The molecule has 34 heavy (non-hydrogen) atoms. The molecule has 0 saturated carbocycles. The first-order valence-corrected chi connectivity index (χ1v) is 10.3. The molecule has 0 fully saturated rings. The van der Waals surface area contributed by atoms with Crippen LogP contribution in [0, 0.1) is 5.82 Å². The molecule has 3 rings (SSSR count). The van der Waals surface area contributed by atoms with Gasteiger partial charge in [-0.25, -0.2) is 14.6 Å². The van der Waals surface area contributed by atoms with E-state index in [9.17, 15) is 18.8 Å². The molecule has 0 bridgehead atoms. The van der Waals surface area contributed by atoms with Crippen molar-refractivity contribution in [2.24, 2.45) is 5.10 Å². The fourth-order valence-corrected chi connectivity index (χ4v) is 2.93. The molecule has 0 saturated heterocycles. The van der Waals surface area contributed by atoms with E-state index in [1.54, 1.807) is 36.4 Å². The van der Waals surface area contributed by atoms with Crippen LogP contribution in [0.4, 0.5) is 4.39 Å². The van der Waals surface area contributed by atoms with Crippen LogP contribution in [0.2, 0.25) is 5.02 Å². The fourth-order valence-electron chi connectivity index (χ4n) is 2.71. The Hall–Kier alpha value is -4.24. The average Bonchev–Trinajstić information content (AvgIpc) is 2.84. The largest absolute Gasteiger partial charge is 0.493 e. The minimum absolute atomic E-state index is 0.178. The van der Waals surface area contributed by atoms with Crippen LogP contribution in [0.25, 0.3) is 0 Å². The van der Waals surface area contributed by atoms with Gasteiger partial charge in [0.25, 0.3) is 11.8 Å². The molecular formula is C24H19ClFN3O5. The number of carbonyl (C=O) groups is 3. The van der Waals surface area contributed by atoms with E-state index in [2.05, 4.69) is 15.8 Å². The number of ether oxygens (including phenoxy) is 2. The molecule has 8 nitrogen and oxygen atoms in total. The molecule has 0 aromatic heterocycles. The van der Waals surface area contributed by atoms with Crippen molar-refractivity contribution in [3.8, 4) is 11.5 Å². The van der Waals surface area contributed by atoms with Gasteiger partial charge in [0, 0.05) is 5.56 Å². The Balaban J connectivity index is 1.55. The highest BCUT2D eigenvalue weighted by Crippen LogP contribution is 2.29. The van der Waals surface area contributed by atoms with E-state index in [1.807, 2.05) is 0 Å². The quantitative estimate of drug-likeness (QED) is 0.220. The SMILES string of the molecule is COc1cc(/C=N/NC(=O)CNC(=O)c2ccc(F)cc2)ccc1OC(=O)c1ccccc1Cl. The summed E-state index contributed by atoms with van der Waals surface area (Å²) in [6.45, 7) is -0.326. The van der Waals surface area contributed by atoms with E-state index in [-0.39, 0.29) is 34.2 Å². The van der Waals surface area contributed by atoms with Gasteiger partial charge in [0.1, 0.15) is 5.82 Å². The Morgan fingerprint density at radius 2 is 1.76 bits per heavy atom. The highest BCUT2D eigenvalue weighted by molar-refractivity contribution is 6.33. The summed E-state index contributed by atoms with van der Waals surface area (Å²) in [6.07, 6.45) is 1.35. The van der Waals surface area contributed by atoms with Gasteiger partial charge in [0.05, 0.1) is 30.5 Å². The number of benzene rings is 3. The molecule has 10 heteroatoms. The number of nitrogens with zero attached hydrogens (tertiary/aromatic N) is 1. The number of hydrogen-bond acceptors (Lipinski definition) is 6. The van der Waals surface area contributed by atoms with E-state index in [0.717, 1.165) is 12.1 Å². The number of hydrogen-bond donors (Lipinski definition) is 2. The highest BCUT2D eigenvalue weighted by atomic mass is 35.5. The third-order valence-corrected chi connectivity index (χ3v) is 4.73. The van der Waals surface area contributed by atoms with Crippen molar-refractivity contribution in [2.75, 3.05) is 13.7 Å². The topological polar surface area (TPSA) is 106 Å². The number of nitrogens with one attached hydrogen (secondary N) is 2. The van der Waals surface area contributed by atoms with Crippen molar-refractivity contribution in [3.05, 3.63) is 94.3 Å². The lowest BCUT2D eigenvalue weighted by Crippen LogP contribution is -2.34. The Labute approximate surface area is 199 Å². The third-order valence-electron chi connectivity index (χ3n) is 4.40. The summed E-state index contributed by atoms with van der Waals surface area (Å²) < 4.78 is 23.5. The summed E-state index contributed by atoms with van der Waals surface area (Å²) >= 11 is 6.02. The second kappa shape index (κ2) is 11.6. The van der Waals surface area contributed by atoms with Crippen LogP contribution in [-0.2, 0) is 4.79 Å². The zero-order valence-electron chi connectivity index (χ0n) is 17.9. The average molecular weight is 484 g/mol.